The molecule has 6 heteroatoms. The Balaban J connectivity index is 1.78. The van der Waals surface area contributed by atoms with Crippen molar-refractivity contribution in [3.63, 3.8) is 0 Å². The molecule has 0 aliphatic carbocycles. The first kappa shape index (κ1) is 14.1. The number of amides is 1. The Kier molecular flexibility index (Phi) is 3.50. The molecule has 0 spiro atoms. The molecule has 0 radical (unpaired) electrons. The topological polar surface area (TPSA) is 64.2 Å². The molecule has 0 unspecified atom stereocenters. The number of hydrogen-bond acceptors (Lipinski definition) is 3. The van der Waals surface area contributed by atoms with Gasteiger partial charge in [0.2, 0.25) is 5.91 Å². The number of hydrogen-bond donors (Lipinski definition) is 1. The van der Waals surface area contributed by atoms with Crippen LogP contribution in [-0.2, 0) is 18.3 Å². The predicted octanol–water partition coefficient (Wildman–Crippen LogP) is 2.45. The lowest BCUT2D eigenvalue weighted by atomic mass is 10.1. The first-order chi connectivity index (χ1) is 10.5. The van der Waals surface area contributed by atoms with E-state index in [1.54, 1.807) is 37.4 Å². The fourth-order valence-electron chi connectivity index (χ4n) is 2.25. The van der Waals surface area contributed by atoms with E-state index in [2.05, 4.69) is 5.32 Å². The Bertz CT molecular complexity index is 911. The molecule has 1 heterocycles. The van der Waals surface area contributed by atoms with Gasteiger partial charge in [-0.25, -0.2) is 9.18 Å². The van der Waals surface area contributed by atoms with Gasteiger partial charge in [-0.3, -0.25) is 9.36 Å². The summed E-state index contributed by atoms with van der Waals surface area (Å²) in [5, 5.41) is 2.70. The van der Waals surface area contributed by atoms with Gasteiger partial charge in [-0.15, -0.1) is 0 Å². The minimum atomic E-state index is -0.460. The number of rotatable bonds is 3. The fourth-order valence-corrected chi connectivity index (χ4v) is 2.25. The Hall–Kier alpha value is -2.89. The molecule has 0 bridgehead atoms. The van der Waals surface area contributed by atoms with Crippen LogP contribution in [0.4, 0.5) is 10.1 Å². The van der Waals surface area contributed by atoms with Crippen molar-refractivity contribution in [1.29, 1.82) is 0 Å². The lowest BCUT2D eigenvalue weighted by molar-refractivity contribution is -0.115. The van der Waals surface area contributed by atoms with Gasteiger partial charge >= 0.3 is 5.76 Å². The molecule has 1 aromatic heterocycles. The third-order valence-corrected chi connectivity index (χ3v) is 3.33. The number of aryl methyl sites for hydroxylation is 1. The van der Waals surface area contributed by atoms with Crippen LogP contribution in [0.2, 0.25) is 0 Å². The van der Waals surface area contributed by atoms with E-state index in [0.717, 1.165) is 0 Å². The van der Waals surface area contributed by atoms with Crippen LogP contribution < -0.4 is 11.1 Å². The number of oxazole rings is 1. The van der Waals surface area contributed by atoms with Gasteiger partial charge in [-0.05, 0) is 29.8 Å². The van der Waals surface area contributed by atoms with Crippen LogP contribution >= 0.6 is 0 Å². The predicted molar refractivity (Wildman–Crippen MR) is 80.2 cm³/mol. The van der Waals surface area contributed by atoms with Gasteiger partial charge in [-0.1, -0.05) is 12.1 Å². The Morgan fingerprint density at radius 1 is 1.27 bits per heavy atom. The molecule has 0 aliphatic heterocycles. The van der Waals surface area contributed by atoms with Crippen molar-refractivity contribution in [1.82, 2.24) is 4.57 Å². The lowest BCUT2D eigenvalue weighted by Crippen LogP contribution is -2.14. The van der Waals surface area contributed by atoms with Gasteiger partial charge in [0.1, 0.15) is 5.82 Å². The number of nitrogens with zero attached hydrogens (tertiary/aromatic N) is 1. The first-order valence-corrected chi connectivity index (χ1v) is 6.67. The molecule has 0 saturated carbocycles. The second kappa shape index (κ2) is 5.48. The van der Waals surface area contributed by atoms with Crippen molar-refractivity contribution >= 4 is 22.7 Å². The number of anilines is 1. The SMILES string of the molecule is Cn1c(=O)oc2cc(NC(=O)Cc3cccc(F)c3)ccc21. The summed E-state index contributed by atoms with van der Waals surface area (Å²) in [5.41, 5.74) is 2.15. The molecule has 3 rings (SSSR count). The van der Waals surface area contributed by atoms with E-state index in [-0.39, 0.29) is 18.1 Å². The highest BCUT2D eigenvalue weighted by Gasteiger charge is 2.09. The Morgan fingerprint density at radius 2 is 2.09 bits per heavy atom. The highest BCUT2D eigenvalue weighted by atomic mass is 19.1. The van der Waals surface area contributed by atoms with Crippen LogP contribution in [0.5, 0.6) is 0 Å². The van der Waals surface area contributed by atoms with Crippen LogP contribution in [0.1, 0.15) is 5.56 Å². The van der Waals surface area contributed by atoms with E-state index in [4.69, 9.17) is 4.42 Å². The quantitative estimate of drug-likeness (QED) is 0.808. The van der Waals surface area contributed by atoms with Gasteiger partial charge in [0.25, 0.3) is 0 Å². The van der Waals surface area contributed by atoms with Crippen molar-refractivity contribution < 1.29 is 13.6 Å². The maximum Gasteiger partial charge on any atom is 0.419 e. The zero-order chi connectivity index (χ0) is 15.7. The van der Waals surface area contributed by atoms with Crippen molar-refractivity contribution in [3.05, 3.63) is 64.4 Å². The third-order valence-electron chi connectivity index (χ3n) is 3.33. The number of halogens is 1. The van der Waals surface area contributed by atoms with Gasteiger partial charge in [-0.2, -0.15) is 0 Å². The molecule has 112 valence electrons. The second-order valence-electron chi connectivity index (χ2n) is 4.96. The van der Waals surface area contributed by atoms with E-state index in [9.17, 15) is 14.0 Å². The highest BCUT2D eigenvalue weighted by Crippen LogP contribution is 2.18. The molecule has 1 N–H and O–H groups in total. The van der Waals surface area contributed by atoms with Gasteiger partial charge in [0.15, 0.2) is 5.58 Å². The summed E-state index contributed by atoms with van der Waals surface area (Å²) in [5.74, 6) is -1.11. The molecule has 0 atom stereocenters. The second-order valence-corrected chi connectivity index (χ2v) is 4.96. The highest BCUT2D eigenvalue weighted by molar-refractivity contribution is 5.94. The van der Waals surface area contributed by atoms with Crippen LogP contribution in [0, 0.1) is 5.82 Å². The summed E-state index contributed by atoms with van der Waals surface area (Å²) in [6.45, 7) is 0. The number of benzene rings is 2. The van der Waals surface area contributed by atoms with Crippen molar-refractivity contribution in [3.8, 4) is 0 Å². The molecular formula is C16H13FN2O3. The zero-order valence-electron chi connectivity index (χ0n) is 11.8. The average Bonchev–Trinajstić information content (AvgIpc) is 2.73. The first-order valence-electron chi connectivity index (χ1n) is 6.67. The summed E-state index contributed by atoms with van der Waals surface area (Å²) in [6.07, 6.45) is 0.0640. The standard InChI is InChI=1S/C16H13FN2O3/c1-19-13-6-5-12(9-14(13)22-16(19)21)18-15(20)8-10-3-2-4-11(17)7-10/h2-7,9H,8H2,1H3,(H,18,20). The van der Waals surface area contributed by atoms with Gasteiger partial charge in [0.05, 0.1) is 11.9 Å². The monoisotopic (exact) mass is 300 g/mol. The molecule has 22 heavy (non-hydrogen) atoms. The maximum absolute atomic E-state index is 13.1. The number of carbonyl (C=O) groups is 1. The molecule has 1 amide bonds. The number of fused-ring (bicyclic) bond motifs is 1. The number of nitrogens with one attached hydrogen (secondary N) is 1. The molecule has 3 aromatic rings. The van der Waals surface area contributed by atoms with Crippen LogP contribution in [0.3, 0.4) is 0 Å². The van der Waals surface area contributed by atoms with Crippen molar-refractivity contribution in [2.24, 2.45) is 7.05 Å². The minimum absolute atomic E-state index is 0.0640. The number of aromatic nitrogens is 1. The average molecular weight is 300 g/mol. The van der Waals surface area contributed by atoms with Crippen LogP contribution in [0.25, 0.3) is 11.1 Å². The third kappa shape index (κ3) is 2.76. The largest absolute Gasteiger partial charge is 0.419 e. The Labute approximate surface area is 125 Å². The summed E-state index contributed by atoms with van der Waals surface area (Å²) in [7, 11) is 1.61. The van der Waals surface area contributed by atoms with Crippen LogP contribution in [0.15, 0.2) is 51.7 Å². The summed E-state index contributed by atoms with van der Waals surface area (Å²) in [4.78, 5) is 23.4. The van der Waals surface area contributed by atoms with Crippen molar-refractivity contribution in [2.45, 2.75) is 6.42 Å². The smallest absolute Gasteiger partial charge is 0.408 e. The summed E-state index contributed by atoms with van der Waals surface area (Å²) >= 11 is 0. The lowest BCUT2D eigenvalue weighted by Gasteiger charge is -2.05. The minimum Gasteiger partial charge on any atom is -0.408 e. The normalized spacial score (nSPS) is 10.8. The molecule has 2 aromatic carbocycles. The summed E-state index contributed by atoms with van der Waals surface area (Å²) < 4.78 is 19.5. The molecular weight excluding hydrogens is 287 g/mol. The summed E-state index contributed by atoms with van der Waals surface area (Å²) in [6, 6.07) is 10.8. The molecule has 0 aliphatic rings. The fraction of sp³-hybridized carbons (Fsp3) is 0.125. The van der Waals surface area contributed by atoms with Crippen LogP contribution in [-0.4, -0.2) is 10.5 Å². The van der Waals surface area contributed by atoms with E-state index in [0.29, 0.717) is 22.4 Å². The van der Waals surface area contributed by atoms with E-state index < -0.39 is 5.76 Å². The maximum atomic E-state index is 13.1. The Morgan fingerprint density at radius 3 is 2.86 bits per heavy atom. The van der Waals surface area contributed by atoms with E-state index >= 15 is 0 Å². The van der Waals surface area contributed by atoms with Crippen molar-refractivity contribution in [2.75, 3.05) is 5.32 Å². The molecule has 0 fully saturated rings. The molecule has 0 saturated heterocycles. The zero-order valence-corrected chi connectivity index (χ0v) is 11.8. The van der Waals surface area contributed by atoms with E-state index in [1.165, 1.54) is 16.7 Å². The van der Waals surface area contributed by atoms with Gasteiger partial charge < -0.3 is 9.73 Å². The number of carbonyl (C=O) groups excluding carboxylic acids is 1. The van der Waals surface area contributed by atoms with Gasteiger partial charge in [0, 0.05) is 18.8 Å². The van der Waals surface area contributed by atoms with E-state index in [1.807, 2.05) is 0 Å². The molecule has 5 nitrogen and oxygen atoms in total.